The van der Waals surface area contributed by atoms with Crippen LogP contribution in [0, 0.1) is 13.8 Å². The first-order chi connectivity index (χ1) is 8.25. The highest BCUT2D eigenvalue weighted by Gasteiger charge is 1.98. The third-order valence-electron chi connectivity index (χ3n) is 2.46. The molecule has 0 bridgehead atoms. The van der Waals surface area contributed by atoms with Gasteiger partial charge in [0.25, 0.3) is 0 Å². The van der Waals surface area contributed by atoms with Gasteiger partial charge in [0.15, 0.2) is 0 Å². The van der Waals surface area contributed by atoms with Crippen molar-refractivity contribution in [2.24, 2.45) is 0 Å². The maximum Gasteiger partial charge on any atom is 0.127 e. The first-order valence-corrected chi connectivity index (χ1v) is 6.06. The monoisotopic (exact) mass is 228 g/mol. The Morgan fingerprint density at radius 1 is 0.706 bits per heavy atom. The van der Waals surface area contributed by atoms with Gasteiger partial charge in [0.05, 0.1) is 0 Å². The Hall–Kier alpha value is -1.76. The summed E-state index contributed by atoms with van der Waals surface area (Å²) in [6.45, 7) is 8.19. The predicted molar refractivity (Wildman–Crippen MR) is 73.8 cm³/mol. The molecule has 0 saturated carbocycles. The number of para-hydroxylation sites is 1. The van der Waals surface area contributed by atoms with Crippen molar-refractivity contribution in [1.82, 2.24) is 0 Å². The summed E-state index contributed by atoms with van der Waals surface area (Å²) in [5, 5.41) is 0. The van der Waals surface area contributed by atoms with Crippen molar-refractivity contribution in [3.05, 3.63) is 59.7 Å². The summed E-state index contributed by atoms with van der Waals surface area (Å²) >= 11 is 0. The van der Waals surface area contributed by atoms with Gasteiger partial charge in [-0.2, -0.15) is 0 Å². The first-order valence-electron chi connectivity index (χ1n) is 6.06. The van der Waals surface area contributed by atoms with E-state index in [1.165, 1.54) is 11.1 Å². The molecular formula is C16H20O. The first kappa shape index (κ1) is 13.3. The summed E-state index contributed by atoms with van der Waals surface area (Å²) in [5.74, 6) is 1.77. The molecule has 0 radical (unpaired) electrons. The number of rotatable bonds is 2. The molecule has 0 amide bonds. The second-order valence-electron chi connectivity index (χ2n) is 3.66. The predicted octanol–water partition coefficient (Wildman–Crippen LogP) is 5.12. The minimum absolute atomic E-state index is 0.876. The lowest BCUT2D eigenvalue weighted by atomic mass is 10.1. The van der Waals surface area contributed by atoms with Gasteiger partial charge in [-0.25, -0.2) is 0 Å². The molecule has 0 aliphatic rings. The zero-order chi connectivity index (χ0) is 12.7. The fourth-order valence-electron chi connectivity index (χ4n) is 1.40. The third kappa shape index (κ3) is 3.95. The second kappa shape index (κ2) is 6.74. The van der Waals surface area contributed by atoms with E-state index in [0.717, 1.165) is 11.5 Å². The van der Waals surface area contributed by atoms with Crippen molar-refractivity contribution >= 4 is 0 Å². The van der Waals surface area contributed by atoms with E-state index >= 15 is 0 Å². The molecule has 2 aromatic rings. The number of ether oxygens (including phenoxy) is 1. The van der Waals surface area contributed by atoms with Crippen LogP contribution in [0.25, 0.3) is 0 Å². The summed E-state index contributed by atoms with van der Waals surface area (Å²) in [6, 6.07) is 16.0. The van der Waals surface area contributed by atoms with Crippen LogP contribution in [0.2, 0.25) is 0 Å². The lowest BCUT2D eigenvalue weighted by Crippen LogP contribution is -1.86. The lowest BCUT2D eigenvalue weighted by Gasteiger charge is -2.07. The van der Waals surface area contributed by atoms with Gasteiger partial charge in [0, 0.05) is 0 Å². The molecule has 0 N–H and O–H groups in total. The molecule has 0 atom stereocenters. The Labute approximate surface area is 104 Å². The molecule has 2 aromatic carbocycles. The van der Waals surface area contributed by atoms with E-state index in [-0.39, 0.29) is 0 Å². The third-order valence-corrected chi connectivity index (χ3v) is 2.46. The molecule has 2 rings (SSSR count). The molecule has 0 saturated heterocycles. The molecule has 0 fully saturated rings. The Kier molecular flexibility index (Phi) is 5.28. The van der Waals surface area contributed by atoms with Crippen LogP contribution in [0.3, 0.4) is 0 Å². The number of benzene rings is 2. The van der Waals surface area contributed by atoms with Gasteiger partial charge in [-0.15, -0.1) is 0 Å². The Bertz CT molecular complexity index is 446. The topological polar surface area (TPSA) is 9.23 Å². The largest absolute Gasteiger partial charge is 0.457 e. The minimum atomic E-state index is 0.876. The molecule has 0 heterocycles. The van der Waals surface area contributed by atoms with E-state index < -0.39 is 0 Å². The van der Waals surface area contributed by atoms with Crippen molar-refractivity contribution in [1.29, 1.82) is 0 Å². The molecule has 1 heteroatoms. The van der Waals surface area contributed by atoms with E-state index in [9.17, 15) is 0 Å². The second-order valence-corrected chi connectivity index (χ2v) is 3.66. The SMILES string of the molecule is CC.Cc1ccc(Oc2ccccc2)cc1C. The average Bonchev–Trinajstić information content (AvgIpc) is 2.38. The molecule has 0 unspecified atom stereocenters. The van der Waals surface area contributed by atoms with Crippen molar-refractivity contribution in [3.63, 3.8) is 0 Å². The van der Waals surface area contributed by atoms with Crippen LogP contribution in [0.5, 0.6) is 11.5 Å². The van der Waals surface area contributed by atoms with Crippen molar-refractivity contribution < 1.29 is 4.74 Å². The maximum absolute atomic E-state index is 5.71. The van der Waals surface area contributed by atoms with E-state index in [2.05, 4.69) is 26.0 Å². The van der Waals surface area contributed by atoms with Crippen LogP contribution in [0.1, 0.15) is 25.0 Å². The summed E-state index contributed by atoms with van der Waals surface area (Å²) < 4.78 is 5.71. The summed E-state index contributed by atoms with van der Waals surface area (Å²) in [4.78, 5) is 0. The zero-order valence-corrected chi connectivity index (χ0v) is 11.0. The Morgan fingerprint density at radius 2 is 1.35 bits per heavy atom. The van der Waals surface area contributed by atoms with Crippen molar-refractivity contribution in [3.8, 4) is 11.5 Å². The van der Waals surface area contributed by atoms with Crippen LogP contribution >= 0.6 is 0 Å². The van der Waals surface area contributed by atoms with Crippen LogP contribution in [-0.4, -0.2) is 0 Å². The molecule has 0 aliphatic heterocycles. The maximum atomic E-state index is 5.71. The molecule has 0 aliphatic carbocycles. The van der Waals surface area contributed by atoms with Gasteiger partial charge in [0.1, 0.15) is 11.5 Å². The molecule has 1 nitrogen and oxygen atoms in total. The smallest absolute Gasteiger partial charge is 0.127 e. The number of hydrogen-bond acceptors (Lipinski definition) is 1. The normalized spacial score (nSPS) is 9.18. The minimum Gasteiger partial charge on any atom is -0.457 e. The summed E-state index contributed by atoms with van der Waals surface area (Å²) in [6.07, 6.45) is 0. The Balaban J connectivity index is 0.000000686. The number of aryl methyl sites for hydroxylation is 2. The average molecular weight is 228 g/mol. The fourth-order valence-corrected chi connectivity index (χ4v) is 1.40. The van der Waals surface area contributed by atoms with Gasteiger partial charge in [-0.1, -0.05) is 38.1 Å². The van der Waals surface area contributed by atoms with E-state index in [4.69, 9.17) is 4.74 Å². The van der Waals surface area contributed by atoms with Crippen LogP contribution in [-0.2, 0) is 0 Å². The van der Waals surface area contributed by atoms with Gasteiger partial charge >= 0.3 is 0 Å². The highest BCUT2D eigenvalue weighted by Crippen LogP contribution is 2.22. The molecule has 0 aromatic heterocycles. The standard InChI is InChI=1S/C14H14O.C2H6/c1-11-8-9-14(10-12(11)2)15-13-6-4-3-5-7-13;1-2/h3-10H,1-2H3;1-2H3. The lowest BCUT2D eigenvalue weighted by molar-refractivity contribution is 0.482. The van der Waals surface area contributed by atoms with Crippen LogP contribution in [0.4, 0.5) is 0 Å². The van der Waals surface area contributed by atoms with Gasteiger partial charge in [0.2, 0.25) is 0 Å². The van der Waals surface area contributed by atoms with Crippen LogP contribution < -0.4 is 4.74 Å². The number of hydrogen-bond donors (Lipinski definition) is 0. The van der Waals surface area contributed by atoms with Crippen molar-refractivity contribution in [2.75, 3.05) is 0 Å². The van der Waals surface area contributed by atoms with Crippen LogP contribution in [0.15, 0.2) is 48.5 Å². The highest BCUT2D eigenvalue weighted by atomic mass is 16.5. The summed E-state index contributed by atoms with van der Waals surface area (Å²) in [5.41, 5.74) is 2.54. The van der Waals surface area contributed by atoms with E-state index in [0.29, 0.717) is 0 Å². The van der Waals surface area contributed by atoms with Gasteiger partial charge in [-0.05, 0) is 49.2 Å². The van der Waals surface area contributed by atoms with Gasteiger partial charge < -0.3 is 4.74 Å². The van der Waals surface area contributed by atoms with E-state index in [1.807, 2.05) is 50.2 Å². The van der Waals surface area contributed by atoms with Crippen molar-refractivity contribution in [2.45, 2.75) is 27.7 Å². The van der Waals surface area contributed by atoms with Gasteiger partial charge in [-0.3, -0.25) is 0 Å². The fraction of sp³-hybridized carbons (Fsp3) is 0.250. The quantitative estimate of drug-likeness (QED) is 0.693. The summed E-state index contributed by atoms with van der Waals surface area (Å²) in [7, 11) is 0. The Morgan fingerprint density at radius 3 is 1.94 bits per heavy atom. The molecule has 0 spiro atoms. The highest BCUT2D eigenvalue weighted by molar-refractivity contribution is 5.37. The molecular weight excluding hydrogens is 208 g/mol. The van der Waals surface area contributed by atoms with E-state index in [1.54, 1.807) is 0 Å². The zero-order valence-electron chi connectivity index (χ0n) is 11.0. The molecule has 17 heavy (non-hydrogen) atoms. The molecule has 90 valence electrons.